The summed E-state index contributed by atoms with van der Waals surface area (Å²) in [5.41, 5.74) is 2.79. The molecule has 3 rings (SSSR count). The molecule has 0 saturated carbocycles. The SMILES string of the molecule is Cc1ccc(NS(=O)(=O)c2ccc(NC(=O)CN(c3ccc(F)cc3)S(=O)(=O)N(C)C)cc2)cc1C. The van der Waals surface area contributed by atoms with Gasteiger partial charge in [-0.25, -0.2) is 17.1 Å². The van der Waals surface area contributed by atoms with Gasteiger partial charge < -0.3 is 5.32 Å². The fourth-order valence-corrected chi connectivity index (χ4v) is 5.29. The van der Waals surface area contributed by atoms with Crippen molar-refractivity contribution in [3.05, 3.63) is 83.7 Å². The van der Waals surface area contributed by atoms with E-state index in [0.29, 0.717) is 5.69 Å². The number of carbonyl (C=O) groups excluding carboxylic acids is 1. The number of nitrogens with zero attached hydrogens (tertiary/aromatic N) is 2. The van der Waals surface area contributed by atoms with Crippen molar-refractivity contribution in [1.29, 1.82) is 0 Å². The Balaban J connectivity index is 1.74. The van der Waals surface area contributed by atoms with E-state index in [-0.39, 0.29) is 16.3 Å². The minimum absolute atomic E-state index is 0.0122. The lowest BCUT2D eigenvalue weighted by Crippen LogP contribution is -2.44. The van der Waals surface area contributed by atoms with E-state index in [0.717, 1.165) is 31.9 Å². The van der Waals surface area contributed by atoms with E-state index in [4.69, 9.17) is 0 Å². The third kappa shape index (κ3) is 6.39. The summed E-state index contributed by atoms with van der Waals surface area (Å²) < 4.78 is 68.6. The van der Waals surface area contributed by atoms with E-state index in [1.807, 2.05) is 19.9 Å². The van der Waals surface area contributed by atoms with Gasteiger partial charge in [-0.1, -0.05) is 6.07 Å². The van der Waals surface area contributed by atoms with E-state index in [9.17, 15) is 26.0 Å². The predicted octanol–water partition coefficient (Wildman–Crippen LogP) is 3.49. The first-order valence-electron chi connectivity index (χ1n) is 10.8. The van der Waals surface area contributed by atoms with Gasteiger partial charge in [0.05, 0.1) is 10.6 Å². The highest BCUT2D eigenvalue weighted by Crippen LogP contribution is 2.22. The highest BCUT2D eigenvalue weighted by atomic mass is 32.2. The number of rotatable bonds is 9. The monoisotopic (exact) mass is 534 g/mol. The maximum atomic E-state index is 13.3. The van der Waals surface area contributed by atoms with Crippen molar-refractivity contribution in [1.82, 2.24) is 4.31 Å². The fourth-order valence-electron chi connectivity index (χ4n) is 3.18. The normalized spacial score (nSPS) is 11.8. The molecule has 12 heteroatoms. The van der Waals surface area contributed by atoms with Crippen LogP contribution < -0.4 is 14.3 Å². The lowest BCUT2D eigenvalue weighted by atomic mass is 10.1. The standard InChI is InChI=1S/C24H27FN4O5S2/c1-17-5-8-21(15-18(17)2)27-35(31,32)23-13-9-20(10-14-23)26-24(30)16-29(36(33,34)28(3)4)22-11-6-19(25)7-12-22/h5-15,27H,16H2,1-4H3,(H,26,30). The second-order valence-electron chi connectivity index (χ2n) is 8.25. The highest BCUT2D eigenvalue weighted by molar-refractivity contribution is 7.92. The Morgan fingerprint density at radius 1 is 0.833 bits per heavy atom. The molecule has 0 saturated heterocycles. The first-order chi connectivity index (χ1) is 16.8. The number of nitrogens with one attached hydrogen (secondary N) is 2. The molecule has 0 radical (unpaired) electrons. The first kappa shape index (κ1) is 27.1. The summed E-state index contributed by atoms with van der Waals surface area (Å²) in [4.78, 5) is 12.7. The maximum Gasteiger partial charge on any atom is 0.304 e. The van der Waals surface area contributed by atoms with Gasteiger partial charge >= 0.3 is 10.2 Å². The Morgan fingerprint density at radius 3 is 1.97 bits per heavy atom. The van der Waals surface area contributed by atoms with Crippen molar-refractivity contribution >= 4 is 43.2 Å². The van der Waals surface area contributed by atoms with Gasteiger partial charge in [0.25, 0.3) is 10.0 Å². The van der Waals surface area contributed by atoms with E-state index < -0.39 is 38.5 Å². The number of aryl methyl sites for hydroxylation is 2. The first-order valence-corrected chi connectivity index (χ1v) is 13.6. The minimum Gasteiger partial charge on any atom is -0.325 e. The Morgan fingerprint density at radius 2 is 1.42 bits per heavy atom. The molecule has 0 aliphatic heterocycles. The molecule has 192 valence electrons. The van der Waals surface area contributed by atoms with E-state index in [1.165, 1.54) is 50.5 Å². The molecule has 0 fully saturated rings. The second-order valence-corrected chi connectivity index (χ2v) is 12.0. The molecule has 0 aliphatic carbocycles. The molecule has 3 aromatic rings. The van der Waals surface area contributed by atoms with Crippen molar-refractivity contribution < 1.29 is 26.0 Å². The van der Waals surface area contributed by atoms with Gasteiger partial charge in [0, 0.05) is 25.5 Å². The topological polar surface area (TPSA) is 116 Å². The van der Waals surface area contributed by atoms with Crippen LogP contribution in [0.2, 0.25) is 0 Å². The summed E-state index contributed by atoms with van der Waals surface area (Å²) in [6.45, 7) is 3.22. The summed E-state index contributed by atoms with van der Waals surface area (Å²) in [5.74, 6) is -1.22. The van der Waals surface area contributed by atoms with Crippen LogP contribution >= 0.6 is 0 Å². The van der Waals surface area contributed by atoms with Gasteiger partial charge in [0.15, 0.2) is 0 Å². The lowest BCUT2D eigenvalue weighted by molar-refractivity contribution is -0.114. The molecular weight excluding hydrogens is 507 g/mol. The Kier molecular flexibility index (Phi) is 8.02. The van der Waals surface area contributed by atoms with Crippen molar-refractivity contribution in [2.75, 3.05) is 35.0 Å². The molecule has 3 aromatic carbocycles. The Labute approximate surface area is 210 Å². The van der Waals surface area contributed by atoms with Crippen LogP contribution in [0.5, 0.6) is 0 Å². The average Bonchev–Trinajstić information content (AvgIpc) is 2.80. The number of hydrogen-bond donors (Lipinski definition) is 2. The van der Waals surface area contributed by atoms with Crippen molar-refractivity contribution in [2.24, 2.45) is 0 Å². The summed E-state index contributed by atoms with van der Waals surface area (Å²) in [6, 6.07) is 15.4. The quantitative estimate of drug-likeness (QED) is 0.436. The van der Waals surface area contributed by atoms with Crippen molar-refractivity contribution in [2.45, 2.75) is 18.7 Å². The molecule has 2 N–H and O–H groups in total. The molecule has 0 aliphatic rings. The lowest BCUT2D eigenvalue weighted by Gasteiger charge is -2.26. The molecule has 0 unspecified atom stereocenters. The fraction of sp³-hybridized carbons (Fsp3) is 0.208. The van der Waals surface area contributed by atoms with Crippen LogP contribution in [-0.2, 0) is 25.0 Å². The van der Waals surface area contributed by atoms with Crippen molar-refractivity contribution in [3.8, 4) is 0 Å². The van der Waals surface area contributed by atoms with Gasteiger partial charge in [0.1, 0.15) is 12.4 Å². The smallest absolute Gasteiger partial charge is 0.304 e. The Bertz CT molecular complexity index is 1460. The zero-order chi connectivity index (χ0) is 26.7. The molecule has 0 bridgehead atoms. The van der Waals surface area contributed by atoms with Crippen LogP contribution in [0, 0.1) is 19.7 Å². The average molecular weight is 535 g/mol. The van der Waals surface area contributed by atoms with Crippen LogP contribution in [0.3, 0.4) is 0 Å². The van der Waals surface area contributed by atoms with E-state index >= 15 is 0 Å². The zero-order valence-electron chi connectivity index (χ0n) is 20.2. The predicted molar refractivity (Wildman–Crippen MR) is 138 cm³/mol. The number of amides is 1. The molecule has 9 nitrogen and oxygen atoms in total. The molecule has 0 atom stereocenters. The van der Waals surface area contributed by atoms with E-state index in [2.05, 4.69) is 10.0 Å². The largest absolute Gasteiger partial charge is 0.325 e. The Hall–Kier alpha value is -3.48. The molecule has 36 heavy (non-hydrogen) atoms. The number of sulfonamides is 1. The summed E-state index contributed by atoms with van der Waals surface area (Å²) in [5, 5.41) is 2.55. The van der Waals surface area contributed by atoms with Gasteiger partial charge in [-0.3, -0.25) is 9.52 Å². The van der Waals surface area contributed by atoms with Crippen LogP contribution in [-0.4, -0.2) is 47.7 Å². The third-order valence-corrected chi connectivity index (χ3v) is 8.57. The zero-order valence-corrected chi connectivity index (χ0v) is 21.8. The maximum absolute atomic E-state index is 13.3. The number of anilines is 3. The molecular formula is C24H27FN4O5S2. The molecule has 0 heterocycles. The van der Waals surface area contributed by atoms with Gasteiger partial charge in [-0.15, -0.1) is 0 Å². The summed E-state index contributed by atoms with van der Waals surface area (Å²) in [7, 11) is -5.29. The molecule has 0 aromatic heterocycles. The summed E-state index contributed by atoms with van der Waals surface area (Å²) >= 11 is 0. The number of hydrogen-bond acceptors (Lipinski definition) is 5. The number of halogens is 1. The van der Waals surface area contributed by atoms with Crippen LogP contribution in [0.4, 0.5) is 21.5 Å². The number of carbonyl (C=O) groups is 1. The van der Waals surface area contributed by atoms with Gasteiger partial charge in [-0.2, -0.15) is 12.7 Å². The van der Waals surface area contributed by atoms with Crippen LogP contribution in [0.15, 0.2) is 71.6 Å². The van der Waals surface area contributed by atoms with Gasteiger partial charge in [0.2, 0.25) is 5.91 Å². The number of benzene rings is 3. The van der Waals surface area contributed by atoms with Crippen LogP contribution in [0.1, 0.15) is 11.1 Å². The highest BCUT2D eigenvalue weighted by Gasteiger charge is 2.27. The molecule has 0 spiro atoms. The van der Waals surface area contributed by atoms with Crippen LogP contribution in [0.25, 0.3) is 0 Å². The summed E-state index contributed by atoms with van der Waals surface area (Å²) in [6.07, 6.45) is 0. The third-order valence-electron chi connectivity index (χ3n) is 5.35. The molecule has 1 amide bonds. The second kappa shape index (κ2) is 10.6. The minimum atomic E-state index is -4.06. The van der Waals surface area contributed by atoms with Gasteiger partial charge in [-0.05, 0) is 85.6 Å². The van der Waals surface area contributed by atoms with E-state index in [1.54, 1.807) is 12.1 Å². The van der Waals surface area contributed by atoms with Crippen molar-refractivity contribution in [3.63, 3.8) is 0 Å².